The lowest BCUT2D eigenvalue weighted by Gasteiger charge is -2.19. The molecule has 1 aromatic heterocycles. The number of aromatic nitrogens is 1. The lowest BCUT2D eigenvalue weighted by Crippen LogP contribution is -2.28. The number of thioether (sulfide) groups is 1. The fraction of sp³-hybridized carbons (Fsp3) is 0.136. The minimum Gasteiger partial charge on any atom is -0.366 e. The van der Waals surface area contributed by atoms with Crippen molar-refractivity contribution in [1.29, 1.82) is 0 Å². The zero-order chi connectivity index (χ0) is 21.3. The van der Waals surface area contributed by atoms with E-state index in [1.165, 1.54) is 6.07 Å². The van der Waals surface area contributed by atoms with Crippen molar-refractivity contribution in [1.82, 2.24) is 9.88 Å². The first-order valence-electron chi connectivity index (χ1n) is 9.18. The third-order valence-electron chi connectivity index (χ3n) is 4.87. The zero-order valence-electron chi connectivity index (χ0n) is 15.8. The summed E-state index contributed by atoms with van der Waals surface area (Å²) < 4.78 is 0. The average Bonchev–Trinajstić information content (AvgIpc) is 3.29. The van der Waals surface area contributed by atoms with Gasteiger partial charge in [0, 0.05) is 40.2 Å². The van der Waals surface area contributed by atoms with Crippen molar-refractivity contribution in [2.24, 2.45) is 5.73 Å². The molecule has 0 atom stereocenters. The Morgan fingerprint density at radius 3 is 2.53 bits per heavy atom. The van der Waals surface area contributed by atoms with E-state index in [4.69, 9.17) is 28.9 Å². The first kappa shape index (κ1) is 20.7. The van der Waals surface area contributed by atoms with Gasteiger partial charge in [-0.25, -0.2) is 0 Å². The van der Waals surface area contributed by atoms with E-state index in [1.807, 2.05) is 24.3 Å². The molecule has 30 heavy (non-hydrogen) atoms. The fourth-order valence-electron chi connectivity index (χ4n) is 3.37. The van der Waals surface area contributed by atoms with Crippen LogP contribution in [0.5, 0.6) is 0 Å². The average molecular weight is 458 g/mol. The molecule has 2 amide bonds. The minimum atomic E-state index is -0.657. The molecular formula is C22H17Cl2N3O2S. The van der Waals surface area contributed by atoms with Crippen LogP contribution in [0.3, 0.4) is 0 Å². The summed E-state index contributed by atoms with van der Waals surface area (Å²) in [6, 6.07) is 14.0. The quantitative estimate of drug-likeness (QED) is 0.599. The number of hydrogen-bond acceptors (Lipinski definition) is 4. The highest BCUT2D eigenvalue weighted by molar-refractivity contribution is 7.99. The molecule has 2 N–H and O–H groups in total. The molecule has 0 aliphatic carbocycles. The number of halogens is 2. The Labute approximate surface area is 188 Å². The number of primary amides is 1. The van der Waals surface area contributed by atoms with Gasteiger partial charge in [0.2, 0.25) is 5.91 Å². The predicted molar refractivity (Wildman–Crippen MR) is 122 cm³/mol. The third-order valence-corrected chi connectivity index (χ3v) is 6.56. The van der Waals surface area contributed by atoms with Gasteiger partial charge >= 0.3 is 0 Å². The number of hydrogen-bond donors (Lipinski definition) is 1. The van der Waals surface area contributed by atoms with Crippen LogP contribution >= 0.6 is 35.0 Å². The van der Waals surface area contributed by atoms with E-state index < -0.39 is 5.91 Å². The van der Waals surface area contributed by atoms with E-state index in [9.17, 15) is 9.59 Å². The molecule has 2 heterocycles. The number of rotatable bonds is 4. The van der Waals surface area contributed by atoms with Gasteiger partial charge in [-0.1, -0.05) is 35.3 Å². The second kappa shape index (κ2) is 8.68. The molecule has 0 bridgehead atoms. The number of pyridine rings is 1. The topological polar surface area (TPSA) is 76.3 Å². The summed E-state index contributed by atoms with van der Waals surface area (Å²) in [4.78, 5) is 31.2. The molecule has 152 valence electrons. The van der Waals surface area contributed by atoms with Gasteiger partial charge in [0.15, 0.2) is 0 Å². The lowest BCUT2D eigenvalue weighted by atomic mass is 9.94. The summed E-state index contributed by atoms with van der Waals surface area (Å²) in [6.45, 7) is 0.665. The van der Waals surface area contributed by atoms with E-state index in [-0.39, 0.29) is 16.5 Å². The van der Waals surface area contributed by atoms with Crippen LogP contribution in [0.4, 0.5) is 0 Å². The van der Waals surface area contributed by atoms with Crippen molar-refractivity contribution in [3.05, 3.63) is 75.9 Å². The molecule has 4 rings (SSSR count). The Morgan fingerprint density at radius 2 is 1.87 bits per heavy atom. The fourth-order valence-corrected chi connectivity index (χ4v) is 4.90. The number of benzene rings is 2. The van der Waals surface area contributed by atoms with Crippen LogP contribution in [-0.4, -0.2) is 39.9 Å². The van der Waals surface area contributed by atoms with Crippen molar-refractivity contribution < 1.29 is 9.59 Å². The Morgan fingerprint density at radius 1 is 1.07 bits per heavy atom. The molecular weight excluding hydrogens is 441 g/mol. The maximum absolute atomic E-state index is 13.2. The van der Waals surface area contributed by atoms with E-state index in [0.29, 0.717) is 45.4 Å². The monoisotopic (exact) mass is 457 g/mol. The van der Waals surface area contributed by atoms with Gasteiger partial charge in [0.05, 0.1) is 22.2 Å². The van der Waals surface area contributed by atoms with Gasteiger partial charge in [0.25, 0.3) is 5.91 Å². The Balaban J connectivity index is 1.91. The van der Waals surface area contributed by atoms with Crippen LogP contribution < -0.4 is 5.73 Å². The summed E-state index contributed by atoms with van der Waals surface area (Å²) in [5.74, 6) is 0.713. The Hall–Kier alpha value is -2.54. The second-order valence-corrected chi connectivity index (χ2v) is 8.59. The van der Waals surface area contributed by atoms with Gasteiger partial charge < -0.3 is 10.6 Å². The normalized spacial score (nSPS) is 13.5. The smallest absolute Gasteiger partial charge is 0.255 e. The van der Waals surface area contributed by atoms with Crippen LogP contribution in [0, 0.1) is 0 Å². The maximum atomic E-state index is 13.2. The van der Waals surface area contributed by atoms with Gasteiger partial charge in [-0.2, -0.15) is 0 Å². The van der Waals surface area contributed by atoms with Crippen LogP contribution in [-0.2, 0) is 0 Å². The molecule has 1 fully saturated rings. The van der Waals surface area contributed by atoms with Crippen molar-refractivity contribution in [3.8, 4) is 22.4 Å². The largest absolute Gasteiger partial charge is 0.366 e. The molecule has 0 spiro atoms. The molecule has 8 heteroatoms. The van der Waals surface area contributed by atoms with E-state index >= 15 is 0 Å². The zero-order valence-corrected chi connectivity index (χ0v) is 18.1. The van der Waals surface area contributed by atoms with Crippen LogP contribution in [0.2, 0.25) is 10.0 Å². The number of carbonyl (C=O) groups is 2. The summed E-state index contributed by atoms with van der Waals surface area (Å²) in [6.07, 6.45) is 1.68. The first-order valence-corrected chi connectivity index (χ1v) is 11.1. The SMILES string of the molecule is NC(=O)c1ccc(C(=O)N2CCSC2)c(-c2ccc(Cl)c(-c3ccccn3)c2)c1Cl. The van der Waals surface area contributed by atoms with Gasteiger partial charge in [-0.3, -0.25) is 14.6 Å². The maximum Gasteiger partial charge on any atom is 0.255 e. The van der Waals surface area contributed by atoms with Crippen LogP contribution in [0.15, 0.2) is 54.7 Å². The highest BCUT2D eigenvalue weighted by Gasteiger charge is 2.26. The van der Waals surface area contributed by atoms with Crippen LogP contribution in [0.1, 0.15) is 20.7 Å². The first-order chi connectivity index (χ1) is 14.5. The van der Waals surface area contributed by atoms with Crippen molar-refractivity contribution in [2.75, 3.05) is 18.2 Å². The molecule has 0 saturated carbocycles. The molecule has 1 aliphatic heterocycles. The minimum absolute atomic E-state index is 0.137. The van der Waals surface area contributed by atoms with E-state index in [2.05, 4.69) is 4.98 Å². The van der Waals surface area contributed by atoms with Crippen molar-refractivity contribution in [2.45, 2.75) is 0 Å². The highest BCUT2D eigenvalue weighted by Crippen LogP contribution is 2.39. The van der Waals surface area contributed by atoms with Gasteiger partial charge in [-0.05, 0) is 42.0 Å². The summed E-state index contributed by atoms with van der Waals surface area (Å²) in [5.41, 5.74) is 8.59. The lowest BCUT2D eigenvalue weighted by molar-refractivity contribution is 0.0803. The molecule has 3 aromatic rings. The number of nitrogens with zero attached hydrogens (tertiary/aromatic N) is 2. The predicted octanol–water partition coefficient (Wildman–Crippen LogP) is 4.97. The van der Waals surface area contributed by atoms with Gasteiger partial charge in [-0.15, -0.1) is 11.8 Å². The molecule has 1 aliphatic rings. The standard InChI is InChI=1S/C22H17Cl2N3O2S/c23-17-7-4-13(11-16(17)18-3-1-2-8-26-18)19-14(22(29)27-9-10-30-12-27)5-6-15(20(19)24)21(25)28/h1-8,11H,9-10,12H2,(H2,25,28). The van der Waals surface area contributed by atoms with Crippen LogP contribution in [0.25, 0.3) is 22.4 Å². The molecule has 5 nitrogen and oxygen atoms in total. The van der Waals surface area contributed by atoms with Gasteiger partial charge in [0.1, 0.15) is 0 Å². The van der Waals surface area contributed by atoms with Crippen molar-refractivity contribution >= 4 is 46.8 Å². The summed E-state index contributed by atoms with van der Waals surface area (Å²) in [5, 5.41) is 0.665. The Kier molecular flexibility index (Phi) is 5.99. The van der Waals surface area contributed by atoms with E-state index in [1.54, 1.807) is 41.1 Å². The molecule has 2 aromatic carbocycles. The third kappa shape index (κ3) is 3.90. The Bertz CT molecular complexity index is 1130. The highest BCUT2D eigenvalue weighted by atomic mass is 35.5. The number of amides is 2. The second-order valence-electron chi connectivity index (χ2n) is 6.73. The summed E-state index contributed by atoms with van der Waals surface area (Å²) in [7, 11) is 0. The summed E-state index contributed by atoms with van der Waals surface area (Å²) >= 11 is 14.7. The van der Waals surface area contributed by atoms with E-state index in [0.717, 1.165) is 5.75 Å². The van der Waals surface area contributed by atoms with Crippen molar-refractivity contribution in [3.63, 3.8) is 0 Å². The molecule has 1 saturated heterocycles. The molecule has 0 radical (unpaired) electrons. The number of nitrogens with two attached hydrogens (primary N) is 1. The number of carbonyl (C=O) groups excluding carboxylic acids is 2. The molecule has 0 unspecified atom stereocenters.